The lowest BCUT2D eigenvalue weighted by molar-refractivity contribution is -0.114. The van der Waals surface area contributed by atoms with Gasteiger partial charge in [-0.2, -0.15) is 4.31 Å². The van der Waals surface area contributed by atoms with Gasteiger partial charge in [-0.15, -0.1) is 0 Å². The van der Waals surface area contributed by atoms with Gasteiger partial charge in [0.15, 0.2) is 0 Å². The Labute approximate surface area is 120 Å². The highest BCUT2D eigenvalue weighted by Gasteiger charge is 2.26. The molecule has 0 spiro atoms. The summed E-state index contributed by atoms with van der Waals surface area (Å²) in [7, 11) is -3.41. The van der Waals surface area contributed by atoms with Crippen molar-refractivity contribution in [3.63, 3.8) is 0 Å². The molecule has 1 aliphatic heterocycles. The van der Waals surface area contributed by atoms with E-state index in [1.165, 1.54) is 6.92 Å². The minimum absolute atomic E-state index is 0.167. The van der Waals surface area contributed by atoms with Gasteiger partial charge in [0.25, 0.3) is 0 Å². The summed E-state index contributed by atoms with van der Waals surface area (Å²) in [5.41, 5.74) is 1.40. The van der Waals surface area contributed by atoms with Crippen molar-refractivity contribution in [2.75, 3.05) is 18.4 Å². The number of carbonyl (C=O) groups is 1. The van der Waals surface area contributed by atoms with Crippen LogP contribution in [0.5, 0.6) is 0 Å². The summed E-state index contributed by atoms with van der Waals surface area (Å²) < 4.78 is 26.6. The van der Waals surface area contributed by atoms with Gasteiger partial charge in [0.2, 0.25) is 15.9 Å². The molecule has 1 aromatic rings. The van der Waals surface area contributed by atoms with Crippen molar-refractivity contribution in [1.29, 1.82) is 0 Å². The third-order valence-corrected chi connectivity index (χ3v) is 5.36. The van der Waals surface area contributed by atoms with Gasteiger partial charge >= 0.3 is 0 Å². The van der Waals surface area contributed by atoms with Gasteiger partial charge in [-0.1, -0.05) is 6.42 Å². The number of hydrogen-bond donors (Lipinski definition) is 1. The molecule has 0 bridgehead atoms. The van der Waals surface area contributed by atoms with Crippen LogP contribution in [0.25, 0.3) is 0 Å². The van der Waals surface area contributed by atoms with Crippen LogP contribution in [-0.2, 0) is 14.8 Å². The second-order valence-corrected chi connectivity index (χ2v) is 7.06. The molecule has 1 aliphatic rings. The Balaban J connectivity index is 2.28. The lowest BCUT2D eigenvalue weighted by Gasteiger charge is -2.26. The van der Waals surface area contributed by atoms with Crippen LogP contribution in [0.2, 0.25) is 0 Å². The number of hydrogen-bond acceptors (Lipinski definition) is 3. The van der Waals surface area contributed by atoms with Crippen LogP contribution in [-0.4, -0.2) is 31.7 Å². The molecule has 1 saturated heterocycles. The van der Waals surface area contributed by atoms with E-state index >= 15 is 0 Å². The van der Waals surface area contributed by atoms with Gasteiger partial charge in [-0.3, -0.25) is 4.79 Å². The van der Waals surface area contributed by atoms with Crippen molar-refractivity contribution in [1.82, 2.24) is 4.31 Å². The monoisotopic (exact) mass is 296 g/mol. The van der Waals surface area contributed by atoms with Crippen molar-refractivity contribution in [2.45, 2.75) is 38.0 Å². The Morgan fingerprint density at radius 1 is 1.20 bits per heavy atom. The van der Waals surface area contributed by atoms with E-state index in [2.05, 4.69) is 5.32 Å². The minimum atomic E-state index is -3.41. The highest BCUT2D eigenvalue weighted by Crippen LogP contribution is 2.24. The average Bonchev–Trinajstić information content (AvgIpc) is 2.41. The Bertz CT molecular complexity index is 605. The lowest BCUT2D eigenvalue weighted by Crippen LogP contribution is -2.35. The summed E-state index contributed by atoms with van der Waals surface area (Å²) >= 11 is 0. The number of sulfonamides is 1. The van der Waals surface area contributed by atoms with E-state index in [4.69, 9.17) is 0 Å². The van der Waals surface area contributed by atoms with E-state index in [1.807, 2.05) is 0 Å². The Hall–Kier alpha value is -1.40. The number of rotatable bonds is 3. The normalized spacial score (nSPS) is 16.9. The van der Waals surface area contributed by atoms with Crippen molar-refractivity contribution in [2.24, 2.45) is 0 Å². The van der Waals surface area contributed by atoms with Gasteiger partial charge in [-0.05, 0) is 43.5 Å². The molecule has 0 aromatic heterocycles. The molecule has 1 N–H and O–H groups in total. The van der Waals surface area contributed by atoms with Gasteiger partial charge < -0.3 is 5.32 Å². The Kier molecular flexibility index (Phi) is 4.45. The second-order valence-electron chi connectivity index (χ2n) is 5.12. The number of aryl methyl sites for hydroxylation is 1. The van der Waals surface area contributed by atoms with Crippen molar-refractivity contribution in [3.8, 4) is 0 Å². The van der Waals surface area contributed by atoms with E-state index in [-0.39, 0.29) is 5.91 Å². The van der Waals surface area contributed by atoms with Crippen LogP contribution in [0.4, 0.5) is 5.69 Å². The number of amides is 1. The molecular weight excluding hydrogens is 276 g/mol. The van der Waals surface area contributed by atoms with E-state index in [9.17, 15) is 13.2 Å². The molecule has 2 rings (SSSR count). The van der Waals surface area contributed by atoms with Crippen LogP contribution >= 0.6 is 0 Å². The molecule has 0 radical (unpaired) electrons. The maximum atomic E-state index is 12.5. The largest absolute Gasteiger partial charge is 0.326 e. The first-order valence-electron chi connectivity index (χ1n) is 6.79. The van der Waals surface area contributed by atoms with Crippen LogP contribution in [0.1, 0.15) is 31.7 Å². The number of nitrogens with one attached hydrogen (secondary N) is 1. The molecule has 20 heavy (non-hydrogen) atoms. The molecule has 0 unspecified atom stereocenters. The fourth-order valence-electron chi connectivity index (χ4n) is 2.38. The zero-order valence-corrected chi connectivity index (χ0v) is 12.7. The predicted octanol–water partition coefficient (Wildman–Crippen LogP) is 2.13. The summed E-state index contributed by atoms with van der Waals surface area (Å²) in [5, 5.41) is 2.68. The molecular formula is C14H20N2O3S. The number of anilines is 1. The van der Waals surface area contributed by atoms with E-state index in [0.717, 1.165) is 24.8 Å². The fraction of sp³-hybridized carbons (Fsp3) is 0.500. The molecule has 1 heterocycles. The number of carbonyl (C=O) groups excluding carboxylic acids is 1. The Morgan fingerprint density at radius 2 is 1.85 bits per heavy atom. The van der Waals surface area contributed by atoms with Gasteiger partial charge in [-0.25, -0.2) is 8.42 Å². The smallest absolute Gasteiger partial charge is 0.243 e. The average molecular weight is 296 g/mol. The van der Waals surface area contributed by atoms with Gasteiger partial charge in [0.05, 0.1) is 4.90 Å². The highest BCUT2D eigenvalue weighted by molar-refractivity contribution is 7.89. The summed E-state index contributed by atoms with van der Waals surface area (Å²) in [6, 6.07) is 4.82. The van der Waals surface area contributed by atoms with Crippen LogP contribution in [0.3, 0.4) is 0 Å². The third-order valence-electron chi connectivity index (χ3n) is 3.46. The maximum absolute atomic E-state index is 12.5. The minimum Gasteiger partial charge on any atom is -0.326 e. The molecule has 6 heteroatoms. The van der Waals surface area contributed by atoms with Crippen LogP contribution in [0.15, 0.2) is 23.1 Å². The molecule has 0 atom stereocenters. The molecule has 1 fully saturated rings. The summed E-state index contributed by atoms with van der Waals surface area (Å²) in [6.07, 6.45) is 2.93. The SMILES string of the molecule is CC(=O)Nc1ccc(S(=O)(=O)N2CCCCC2)cc1C. The second kappa shape index (κ2) is 5.93. The van der Waals surface area contributed by atoms with Crippen molar-refractivity contribution in [3.05, 3.63) is 23.8 Å². The molecule has 1 aromatic carbocycles. The molecule has 5 nitrogen and oxygen atoms in total. The molecule has 0 aliphatic carbocycles. The molecule has 1 amide bonds. The van der Waals surface area contributed by atoms with Crippen LogP contribution < -0.4 is 5.32 Å². The van der Waals surface area contributed by atoms with E-state index < -0.39 is 10.0 Å². The quantitative estimate of drug-likeness (QED) is 0.929. The fourth-order valence-corrected chi connectivity index (χ4v) is 3.98. The van der Waals surface area contributed by atoms with Gasteiger partial charge in [0.1, 0.15) is 0 Å². The van der Waals surface area contributed by atoms with Crippen LogP contribution in [0, 0.1) is 6.92 Å². The standard InChI is InChI=1S/C14H20N2O3S/c1-11-10-13(6-7-14(11)15-12(2)17)20(18,19)16-8-4-3-5-9-16/h6-7,10H,3-5,8-9H2,1-2H3,(H,15,17). The molecule has 0 saturated carbocycles. The lowest BCUT2D eigenvalue weighted by atomic mass is 10.2. The summed E-state index contributed by atoms with van der Waals surface area (Å²) in [5.74, 6) is -0.167. The maximum Gasteiger partial charge on any atom is 0.243 e. The summed E-state index contributed by atoms with van der Waals surface area (Å²) in [6.45, 7) is 4.40. The Morgan fingerprint density at radius 3 is 2.40 bits per heavy atom. The number of nitrogens with zero attached hydrogens (tertiary/aromatic N) is 1. The van der Waals surface area contributed by atoms with Gasteiger partial charge in [0, 0.05) is 25.7 Å². The van der Waals surface area contributed by atoms with Crippen molar-refractivity contribution < 1.29 is 13.2 Å². The number of piperidine rings is 1. The van der Waals surface area contributed by atoms with E-state index in [1.54, 1.807) is 29.4 Å². The highest BCUT2D eigenvalue weighted by atomic mass is 32.2. The van der Waals surface area contributed by atoms with Crippen molar-refractivity contribution >= 4 is 21.6 Å². The number of benzene rings is 1. The third kappa shape index (κ3) is 3.19. The zero-order valence-electron chi connectivity index (χ0n) is 11.8. The first kappa shape index (κ1) is 15.0. The summed E-state index contributed by atoms with van der Waals surface area (Å²) in [4.78, 5) is 11.4. The first-order valence-corrected chi connectivity index (χ1v) is 8.23. The molecule has 110 valence electrons. The predicted molar refractivity (Wildman–Crippen MR) is 78.1 cm³/mol. The zero-order chi connectivity index (χ0) is 14.8. The van der Waals surface area contributed by atoms with E-state index in [0.29, 0.717) is 23.7 Å². The first-order chi connectivity index (χ1) is 9.41. The topological polar surface area (TPSA) is 66.5 Å².